The van der Waals surface area contributed by atoms with E-state index in [0.29, 0.717) is 0 Å². The first kappa shape index (κ1) is 5.65. The third-order valence-corrected chi connectivity index (χ3v) is 1.37. The first-order chi connectivity index (χ1) is 3.80. The molecule has 0 radical (unpaired) electrons. The number of nitrogens with two attached hydrogens (primary N) is 1. The maximum atomic E-state index is 5.46. The van der Waals surface area contributed by atoms with Crippen LogP contribution in [0.15, 0.2) is 5.38 Å². The fourth-order valence-electron chi connectivity index (χ4n) is 0.370. The molecule has 0 saturated carbocycles. The molecule has 0 aliphatic heterocycles. The minimum absolute atomic E-state index is 0.0220. The van der Waals surface area contributed by atoms with Gasteiger partial charge in [0.1, 0.15) is 0 Å². The van der Waals surface area contributed by atoms with Gasteiger partial charge in [0.2, 0.25) is 0 Å². The molecule has 1 rings (SSSR count). The molecule has 1 heterocycles. The fourth-order valence-corrected chi connectivity index (χ4v) is 0.929. The molecule has 0 amide bonds. The van der Waals surface area contributed by atoms with Gasteiger partial charge in [0.25, 0.3) is 0 Å². The Kier molecular flexibility index (Phi) is 1.55. The van der Waals surface area contributed by atoms with Crippen molar-refractivity contribution in [1.29, 1.82) is 0 Å². The maximum absolute atomic E-state index is 5.46. The van der Waals surface area contributed by atoms with E-state index in [0.717, 1.165) is 5.69 Å². The molecule has 1 aromatic heterocycles. The van der Waals surface area contributed by atoms with Crippen LogP contribution in [0.2, 0.25) is 0 Å². The smallest absolute Gasteiger partial charge is 0.0919 e. The molecule has 4 heteroatoms. The number of hydrogen-bond acceptors (Lipinski definition) is 4. The van der Waals surface area contributed by atoms with Gasteiger partial charge in [-0.1, -0.05) is 4.49 Å². The van der Waals surface area contributed by atoms with Gasteiger partial charge in [-0.3, -0.25) is 0 Å². The molecule has 0 saturated heterocycles. The van der Waals surface area contributed by atoms with Crippen molar-refractivity contribution in [2.75, 3.05) is 0 Å². The first-order valence-corrected chi connectivity index (χ1v) is 3.17. The Morgan fingerprint density at radius 3 is 2.88 bits per heavy atom. The number of hydrogen-bond donors (Lipinski definition) is 1. The Balaban J connectivity index is 2.77. The highest BCUT2D eigenvalue weighted by atomic mass is 32.1. The summed E-state index contributed by atoms with van der Waals surface area (Å²) in [7, 11) is 0. The molecule has 0 fully saturated rings. The van der Waals surface area contributed by atoms with Gasteiger partial charge in [0, 0.05) is 11.4 Å². The molecule has 0 bridgehead atoms. The van der Waals surface area contributed by atoms with Crippen LogP contribution in [0.3, 0.4) is 0 Å². The SMILES string of the molecule is C[C@@H](N)c1csnn1. The van der Waals surface area contributed by atoms with Gasteiger partial charge in [-0.25, -0.2) is 0 Å². The van der Waals surface area contributed by atoms with Gasteiger partial charge in [0.05, 0.1) is 5.69 Å². The summed E-state index contributed by atoms with van der Waals surface area (Å²) in [5, 5.41) is 5.61. The summed E-state index contributed by atoms with van der Waals surface area (Å²) in [5.41, 5.74) is 6.33. The van der Waals surface area contributed by atoms with Crippen LogP contribution in [0.4, 0.5) is 0 Å². The lowest BCUT2D eigenvalue weighted by Gasteiger charge is -1.93. The van der Waals surface area contributed by atoms with Gasteiger partial charge in [-0.05, 0) is 18.5 Å². The zero-order valence-electron chi connectivity index (χ0n) is 4.53. The second-order valence-corrected chi connectivity index (χ2v) is 2.23. The van der Waals surface area contributed by atoms with Crippen LogP contribution < -0.4 is 5.73 Å². The monoisotopic (exact) mass is 129 g/mol. The molecule has 0 spiro atoms. The average Bonchev–Trinajstić information content (AvgIpc) is 2.12. The highest BCUT2D eigenvalue weighted by Crippen LogP contribution is 2.04. The lowest BCUT2D eigenvalue weighted by atomic mass is 10.3. The number of aromatic nitrogens is 2. The fraction of sp³-hybridized carbons (Fsp3) is 0.500. The van der Waals surface area contributed by atoms with Gasteiger partial charge in [-0.15, -0.1) is 5.10 Å². The summed E-state index contributed by atoms with van der Waals surface area (Å²) < 4.78 is 3.66. The molecular formula is C4H7N3S. The van der Waals surface area contributed by atoms with E-state index in [9.17, 15) is 0 Å². The largest absolute Gasteiger partial charge is 0.323 e. The average molecular weight is 129 g/mol. The quantitative estimate of drug-likeness (QED) is 0.602. The molecule has 0 aromatic carbocycles. The summed E-state index contributed by atoms with van der Waals surface area (Å²) >= 11 is 1.33. The van der Waals surface area contributed by atoms with Crippen molar-refractivity contribution in [3.63, 3.8) is 0 Å². The van der Waals surface area contributed by atoms with Crippen molar-refractivity contribution in [2.45, 2.75) is 13.0 Å². The van der Waals surface area contributed by atoms with Crippen LogP contribution in [-0.2, 0) is 0 Å². The van der Waals surface area contributed by atoms with E-state index < -0.39 is 0 Å². The second-order valence-electron chi connectivity index (χ2n) is 1.62. The van der Waals surface area contributed by atoms with Gasteiger partial charge < -0.3 is 5.73 Å². The van der Waals surface area contributed by atoms with Crippen LogP contribution in [0.25, 0.3) is 0 Å². The van der Waals surface area contributed by atoms with Crippen molar-refractivity contribution < 1.29 is 0 Å². The molecule has 0 aliphatic carbocycles. The third kappa shape index (κ3) is 1.02. The van der Waals surface area contributed by atoms with Crippen LogP contribution in [0.1, 0.15) is 18.7 Å². The van der Waals surface area contributed by atoms with Crippen molar-refractivity contribution in [1.82, 2.24) is 9.59 Å². The third-order valence-electron chi connectivity index (χ3n) is 0.843. The van der Waals surface area contributed by atoms with Crippen LogP contribution in [0.5, 0.6) is 0 Å². The summed E-state index contributed by atoms with van der Waals surface area (Å²) in [4.78, 5) is 0. The predicted octanol–water partition coefficient (Wildman–Crippen LogP) is 0.558. The standard InChI is InChI=1S/C4H7N3S/c1-3(5)4-2-8-7-6-4/h2-3H,5H2,1H3/t3-/m1/s1. The molecule has 3 nitrogen and oxygen atoms in total. The van der Waals surface area contributed by atoms with E-state index in [-0.39, 0.29) is 6.04 Å². The van der Waals surface area contributed by atoms with Gasteiger partial charge in [-0.2, -0.15) is 0 Å². The minimum Gasteiger partial charge on any atom is -0.323 e. The highest BCUT2D eigenvalue weighted by molar-refractivity contribution is 7.03. The molecule has 44 valence electrons. The van der Waals surface area contributed by atoms with Gasteiger partial charge >= 0.3 is 0 Å². The first-order valence-electron chi connectivity index (χ1n) is 2.33. The lowest BCUT2D eigenvalue weighted by molar-refractivity contribution is 0.773. The Labute approximate surface area is 51.7 Å². The van der Waals surface area contributed by atoms with Crippen molar-refractivity contribution in [3.05, 3.63) is 11.1 Å². The number of rotatable bonds is 1. The molecular weight excluding hydrogens is 122 g/mol. The summed E-state index contributed by atoms with van der Waals surface area (Å²) in [6.07, 6.45) is 0. The van der Waals surface area contributed by atoms with Crippen LogP contribution >= 0.6 is 11.5 Å². The summed E-state index contributed by atoms with van der Waals surface area (Å²) in [6, 6.07) is 0.0220. The van der Waals surface area contributed by atoms with Crippen molar-refractivity contribution in [2.24, 2.45) is 5.73 Å². The predicted molar refractivity (Wildman–Crippen MR) is 32.5 cm³/mol. The maximum Gasteiger partial charge on any atom is 0.0919 e. The summed E-state index contributed by atoms with van der Waals surface area (Å²) in [5.74, 6) is 0. The van der Waals surface area contributed by atoms with E-state index in [4.69, 9.17) is 5.73 Å². The summed E-state index contributed by atoms with van der Waals surface area (Å²) in [6.45, 7) is 1.89. The van der Waals surface area contributed by atoms with E-state index in [2.05, 4.69) is 9.59 Å². The van der Waals surface area contributed by atoms with Crippen molar-refractivity contribution >= 4 is 11.5 Å². The molecule has 1 atom stereocenters. The van der Waals surface area contributed by atoms with Crippen LogP contribution in [-0.4, -0.2) is 9.59 Å². The molecule has 1 aromatic rings. The van der Waals surface area contributed by atoms with E-state index in [1.165, 1.54) is 11.5 Å². The highest BCUT2D eigenvalue weighted by Gasteiger charge is 1.99. The minimum atomic E-state index is 0.0220. The Bertz CT molecular complexity index is 146. The molecule has 0 unspecified atom stereocenters. The molecule has 8 heavy (non-hydrogen) atoms. The van der Waals surface area contributed by atoms with Crippen molar-refractivity contribution in [3.8, 4) is 0 Å². The lowest BCUT2D eigenvalue weighted by Crippen LogP contribution is -2.04. The number of nitrogens with zero attached hydrogens (tertiary/aromatic N) is 2. The zero-order chi connectivity index (χ0) is 5.98. The Hall–Kier alpha value is -0.480. The molecule has 2 N–H and O–H groups in total. The van der Waals surface area contributed by atoms with E-state index in [1.54, 1.807) is 0 Å². The second kappa shape index (κ2) is 2.19. The normalized spacial score (nSPS) is 13.8. The van der Waals surface area contributed by atoms with Gasteiger partial charge in [0.15, 0.2) is 0 Å². The van der Waals surface area contributed by atoms with Crippen LogP contribution in [0, 0.1) is 0 Å². The Morgan fingerprint density at radius 1 is 1.88 bits per heavy atom. The molecule has 0 aliphatic rings. The Morgan fingerprint density at radius 2 is 2.62 bits per heavy atom. The van der Waals surface area contributed by atoms with E-state index in [1.807, 2.05) is 12.3 Å². The zero-order valence-corrected chi connectivity index (χ0v) is 5.35. The van der Waals surface area contributed by atoms with E-state index >= 15 is 0 Å². The topological polar surface area (TPSA) is 51.8 Å².